The first-order valence-corrected chi connectivity index (χ1v) is 15.5. The van der Waals surface area contributed by atoms with Gasteiger partial charge in [-0.15, -0.1) is 0 Å². The van der Waals surface area contributed by atoms with Crippen LogP contribution in [0.5, 0.6) is 17.2 Å². The Balaban J connectivity index is 1.25. The first-order chi connectivity index (χ1) is 23.9. The fraction of sp³-hybridized carbons (Fsp3) is 0.314. The zero-order valence-corrected chi connectivity index (χ0v) is 27.0. The van der Waals surface area contributed by atoms with E-state index in [2.05, 4.69) is 4.98 Å². The lowest BCUT2D eigenvalue weighted by Gasteiger charge is -2.38. The Morgan fingerprint density at radius 1 is 0.900 bits per heavy atom. The summed E-state index contributed by atoms with van der Waals surface area (Å²) in [6.45, 7) is 2.99. The number of aromatic nitrogens is 1. The molecule has 0 saturated carbocycles. The van der Waals surface area contributed by atoms with Crippen LogP contribution < -0.4 is 9.47 Å². The van der Waals surface area contributed by atoms with Crippen LogP contribution in [0.1, 0.15) is 30.0 Å². The van der Waals surface area contributed by atoms with Crippen molar-refractivity contribution >= 4 is 18.0 Å². The minimum Gasteiger partial charge on any atom is -0.508 e. The number of carbonyl (C=O) groups is 3. The number of aliphatic carboxylic acids is 1. The standard InChI is InChI=1S/C35H36N2O13/c1-19(21-8-12-24(13-9-21)46-17-16-26-20(2)47-32(36-26)22-6-4-3-5-7-22)37(35(45)48-25-14-10-23(38)11-15-25)18-27(39)49-34-30(42)28(40)29(41)31(50-34)33(43)44/h3-15,19,28-31,34,38,40-42H,16-18H2,1-2H3,(H,43,44)/t19-,28-,29-,30+,31-,34+/m0/s1. The van der Waals surface area contributed by atoms with Crippen molar-refractivity contribution in [2.75, 3.05) is 13.2 Å². The first-order valence-electron chi connectivity index (χ1n) is 15.5. The highest BCUT2D eigenvalue weighted by atomic mass is 16.7. The number of amides is 1. The maximum Gasteiger partial charge on any atom is 0.416 e. The number of carboxylic acids is 1. The van der Waals surface area contributed by atoms with E-state index in [1.165, 1.54) is 24.3 Å². The minimum absolute atomic E-state index is 0.0628. The van der Waals surface area contributed by atoms with Crippen LogP contribution in [0, 0.1) is 6.92 Å². The average Bonchev–Trinajstić information content (AvgIpc) is 3.48. The highest BCUT2D eigenvalue weighted by molar-refractivity contribution is 5.80. The third-order valence-electron chi connectivity index (χ3n) is 7.99. The van der Waals surface area contributed by atoms with Crippen LogP contribution in [-0.2, 0) is 25.5 Å². The van der Waals surface area contributed by atoms with Gasteiger partial charge in [-0.1, -0.05) is 30.3 Å². The van der Waals surface area contributed by atoms with Crippen molar-refractivity contribution in [3.63, 3.8) is 0 Å². The Labute approximate surface area is 285 Å². The molecular formula is C35H36N2O13. The molecule has 264 valence electrons. The molecule has 50 heavy (non-hydrogen) atoms. The molecule has 4 aromatic rings. The fourth-order valence-electron chi connectivity index (χ4n) is 5.14. The molecule has 0 aliphatic carbocycles. The van der Waals surface area contributed by atoms with Gasteiger partial charge in [0.15, 0.2) is 6.10 Å². The second kappa shape index (κ2) is 15.8. The number of phenols is 1. The number of hydrogen-bond donors (Lipinski definition) is 5. The number of phenolic OH excluding ortho intramolecular Hbond substituents is 1. The highest BCUT2D eigenvalue weighted by Gasteiger charge is 2.48. The molecule has 1 aliphatic rings. The van der Waals surface area contributed by atoms with Crippen molar-refractivity contribution < 1.29 is 63.3 Å². The molecule has 15 heteroatoms. The van der Waals surface area contributed by atoms with Crippen molar-refractivity contribution in [2.24, 2.45) is 0 Å². The number of oxazole rings is 1. The zero-order valence-electron chi connectivity index (χ0n) is 27.0. The number of carboxylic acid groups (broad SMARTS) is 1. The van der Waals surface area contributed by atoms with Crippen molar-refractivity contribution in [2.45, 2.75) is 57.0 Å². The molecule has 3 aromatic carbocycles. The molecule has 0 unspecified atom stereocenters. The van der Waals surface area contributed by atoms with Crippen molar-refractivity contribution in [3.8, 4) is 28.7 Å². The molecule has 15 nitrogen and oxygen atoms in total. The summed E-state index contributed by atoms with van der Waals surface area (Å²) in [5.41, 5.74) is 2.19. The van der Waals surface area contributed by atoms with E-state index in [0.29, 0.717) is 36.0 Å². The Kier molecular flexibility index (Phi) is 11.3. The maximum absolute atomic E-state index is 13.4. The average molecular weight is 693 g/mol. The maximum atomic E-state index is 13.4. The molecule has 1 fully saturated rings. The second-order valence-electron chi connectivity index (χ2n) is 11.4. The van der Waals surface area contributed by atoms with E-state index in [1.54, 1.807) is 31.2 Å². The molecule has 6 atom stereocenters. The summed E-state index contributed by atoms with van der Waals surface area (Å²) in [6, 6.07) is 20.8. The third-order valence-corrected chi connectivity index (χ3v) is 7.99. The number of aromatic hydroxyl groups is 1. The summed E-state index contributed by atoms with van der Waals surface area (Å²) in [7, 11) is 0. The minimum atomic E-state index is -2.00. The Bertz CT molecular complexity index is 1760. The summed E-state index contributed by atoms with van der Waals surface area (Å²) in [6.07, 6.45) is -10.4. The molecule has 1 amide bonds. The molecule has 1 aromatic heterocycles. The lowest BCUT2D eigenvalue weighted by Crippen LogP contribution is -2.60. The van der Waals surface area contributed by atoms with Crippen LogP contribution in [0.15, 0.2) is 83.3 Å². The van der Waals surface area contributed by atoms with Gasteiger partial charge in [0.25, 0.3) is 0 Å². The van der Waals surface area contributed by atoms with Gasteiger partial charge in [0.05, 0.1) is 18.3 Å². The van der Waals surface area contributed by atoms with Gasteiger partial charge in [-0.05, 0) is 67.9 Å². The van der Waals surface area contributed by atoms with E-state index < -0.39 is 61.3 Å². The SMILES string of the molecule is Cc1oc(-c2ccccc2)nc1CCOc1ccc([C@H](C)N(CC(=O)O[C@@H]2O[C@H](C(=O)O)[C@@H](O)[C@H](O)[C@H]2O)C(=O)Oc2ccc(O)cc2)cc1. The van der Waals surface area contributed by atoms with E-state index in [4.69, 9.17) is 23.4 Å². The van der Waals surface area contributed by atoms with Gasteiger partial charge in [0, 0.05) is 12.0 Å². The molecule has 1 saturated heterocycles. The smallest absolute Gasteiger partial charge is 0.416 e. The van der Waals surface area contributed by atoms with Crippen LogP contribution >= 0.6 is 0 Å². The monoisotopic (exact) mass is 692 g/mol. The molecule has 5 N–H and O–H groups in total. The van der Waals surface area contributed by atoms with Crippen molar-refractivity contribution in [3.05, 3.63) is 95.9 Å². The van der Waals surface area contributed by atoms with Gasteiger partial charge in [-0.25, -0.2) is 14.6 Å². The lowest BCUT2D eigenvalue weighted by atomic mass is 9.99. The van der Waals surface area contributed by atoms with E-state index in [0.717, 1.165) is 16.2 Å². The summed E-state index contributed by atoms with van der Waals surface area (Å²) in [5.74, 6) is -1.06. The predicted octanol–water partition coefficient (Wildman–Crippen LogP) is 2.97. The number of aryl methyl sites for hydroxylation is 1. The molecule has 0 bridgehead atoms. The Hall–Kier alpha value is -5.48. The normalized spacial score (nSPS) is 20.8. The van der Waals surface area contributed by atoms with Gasteiger partial charge < -0.3 is 48.9 Å². The molecule has 0 radical (unpaired) electrons. The highest BCUT2D eigenvalue weighted by Crippen LogP contribution is 2.27. The number of carbonyl (C=O) groups excluding carboxylic acids is 2. The Morgan fingerprint density at radius 2 is 1.56 bits per heavy atom. The van der Waals surface area contributed by atoms with Crippen LogP contribution in [0.4, 0.5) is 4.79 Å². The summed E-state index contributed by atoms with van der Waals surface area (Å²) >= 11 is 0. The van der Waals surface area contributed by atoms with Gasteiger partial charge in [0.1, 0.15) is 47.9 Å². The number of esters is 1. The van der Waals surface area contributed by atoms with Gasteiger partial charge >= 0.3 is 18.0 Å². The van der Waals surface area contributed by atoms with E-state index in [-0.39, 0.29) is 11.5 Å². The molecule has 5 rings (SSSR count). The first kappa shape index (κ1) is 35.8. The molecule has 1 aliphatic heterocycles. The van der Waals surface area contributed by atoms with Crippen molar-refractivity contribution in [1.82, 2.24) is 9.88 Å². The predicted molar refractivity (Wildman–Crippen MR) is 172 cm³/mol. The van der Waals surface area contributed by atoms with Gasteiger partial charge in [0.2, 0.25) is 12.2 Å². The van der Waals surface area contributed by atoms with E-state index in [9.17, 15) is 39.9 Å². The number of hydrogen-bond acceptors (Lipinski definition) is 13. The van der Waals surface area contributed by atoms with Crippen molar-refractivity contribution in [1.29, 1.82) is 0 Å². The van der Waals surface area contributed by atoms with E-state index in [1.807, 2.05) is 37.3 Å². The van der Waals surface area contributed by atoms with Crippen LogP contribution in [0.3, 0.4) is 0 Å². The summed E-state index contributed by atoms with van der Waals surface area (Å²) in [5, 5.41) is 49.1. The van der Waals surface area contributed by atoms with Crippen LogP contribution in [0.2, 0.25) is 0 Å². The summed E-state index contributed by atoms with van der Waals surface area (Å²) < 4.78 is 27.3. The number of ether oxygens (including phenoxy) is 4. The number of rotatable bonds is 12. The topological polar surface area (TPSA) is 219 Å². The van der Waals surface area contributed by atoms with E-state index >= 15 is 0 Å². The largest absolute Gasteiger partial charge is 0.508 e. The Morgan fingerprint density at radius 3 is 2.22 bits per heavy atom. The lowest BCUT2D eigenvalue weighted by molar-refractivity contribution is -0.286. The molecule has 2 heterocycles. The fourth-order valence-corrected chi connectivity index (χ4v) is 5.14. The quantitative estimate of drug-likeness (QED) is 0.135. The van der Waals surface area contributed by atoms with Gasteiger partial charge in [-0.3, -0.25) is 9.69 Å². The second-order valence-corrected chi connectivity index (χ2v) is 11.4. The third kappa shape index (κ3) is 8.56. The number of aliphatic hydroxyl groups excluding tert-OH is 3. The number of nitrogens with zero attached hydrogens (tertiary/aromatic N) is 2. The van der Waals surface area contributed by atoms with Gasteiger partial charge in [-0.2, -0.15) is 0 Å². The number of aliphatic hydroxyl groups is 3. The van der Waals surface area contributed by atoms with Crippen LogP contribution in [0.25, 0.3) is 11.5 Å². The van der Waals surface area contributed by atoms with Crippen LogP contribution in [-0.4, -0.2) is 97.3 Å². The zero-order chi connectivity index (χ0) is 35.9. The molecule has 0 spiro atoms. The number of benzene rings is 3. The molecular weight excluding hydrogens is 656 g/mol. The summed E-state index contributed by atoms with van der Waals surface area (Å²) in [4.78, 5) is 43.5.